The topological polar surface area (TPSA) is 60.2 Å². The second-order valence-electron chi connectivity index (χ2n) is 3.74. The lowest BCUT2D eigenvalue weighted by atomic mass is 10.2. The third-order valence-corrected chi connectivity index (χ3v) is 3.32. The van der Waals surface area contributed by atoms with Crippen LogP contribution in [0.4, 0.5) is 11.4 Å². The van der Waals surface area contributed by atoms with Crippen molar-refractivity contribution in [2.75, 3.05) is 12.4 Å². The molecule has 1 aromatic heterocycles. The molecule has 1 aromatic carbocycles. The van der Waals surface area contributed by atoms with Crippen molar-refractivity contribution >= 4 is 44.5 Å². The molecule has 0 saturated heterocycles. The molecule has 0 spiro atoms. The maximum absolute atomic E-state index is 5.65. The number of pyridine rings is 1. The van der Waals surface area contributed by atoms with Gasteiger partial charge in [0.2, 0.25) is 0 Å². The molecule has 0 radical (unpaired) electrons. The fraction of sp³-hybridized carbons (Fsp3) is 0.0769. The van der Waals surface area contributed by atoms with Gasteiger partial charge in [0, 0.05) is 18.0 Å². The summed E-state index contributed by atoms with van der Waals surface area (Å²) in [4.78, 5) is 4.42. The highest BCUT2D eigenvalue weighted by molar-refractivity contribution is 9.10. The number of thiocarbonyl (C=S) groups is 1. The molecule has 0 fully saturated rings. The number of nitrogens with one attached hydrogen (secondary N) is 1. The van der Waals surface area contributed by atoms with Crippen molar-refractivity contribution in [2.45, 2.75) is 0 Å². The van der Waals surface area contributed by atoms with Crippen molar-refractivity contribution in [1.29, 1.82) is 0 Å². The Bertz CT molecular complexity index is 619. The number of ether oxygens (including phenoxy) is 1. The van der Waals surface area contributed by atoms with Crippen molar-refractivity contribution in [2.24, 2.45) is 5.73 Å². The molecule has 0 aliphatic carbocycles. The molecule has 2 rings (SSSR count). The fourth-order valence-electron chi connectivity index (χ4n) is 1.60. The van der Waals surface area contributed by atoms with E-state index in [-0.39, 0.29) is 4.99 Å². The van der Waals surface area contributed by atoms with Crippen molar-refractivity contribution in [3.8, 4) is 5.75 Å². The van der Waals surface area contributed by atoms with Crippen LogP contribution in [0.5, 0.6) is 5.75 Å². The zero-order valence-electron chi connectivity index (χ0n) is 10.2. The molecule has 19 heavy (non-hydrogen) atoms. The first-order chi connectivity index (χ1) is 9.11. The minimum atomic E-state index is 0.257. The largest absolute Gasteiger partial charge is 0.495 e. The standard InChI is InChI=1S/C13H12BrN3OS/c1-18-11-7-8(4-5-9(11)14)17-10-3-2-6-16-12(10)13(15)19/h2-7,17H,1H3,(H2,15,19). The normalized spacial score (nSPS) is 10.0. The van der Waals surface area contributed by atoms with Gasteiger partial charge in [-0.25, -0.2) is 0 Å². The van der Waals surface area contributed by atoms with Gasteiger partial charge >= 0.3 is 0 Å². The third-order valence-electron chi connectivity index (χ3n) is 2.47. The van der Waals surface area contributed by atoms with Crippen LogP contribution in [0.25, 0.3) is 0 Å². The maximum Gasteiger partial charge on any atom is 0.135 e. The predicted molar refractivity (Wildman–Crippen MR) is 84.1 cm³/mol. The van der Waals surface area contributed by atoms with Gasteiger partial charge in [-0.1, -0.05) is 12.2 Å². The van der Waals surface area contributed by atoms with Gasteiger partial charge in [-0.3, -0.25) is 4.98 Å². The van der Waals surface area contributed by atoms with Crippen molar-refractivity contribution in [3.63, 3.8) is 0 Å². The van der Waals surface area contributed by atoms with E-state index in [4.69, 9.17) is 22.7 Å². The van der Waals surface area contributed by atoms with E-state index in [1.165, 1.54) is 0 Å². The summed E-state index contributed by atoms with van der Waals surface area (Å²) in [5, 5.41) is 3.22. The van der Waals surface area contributed by atoms with E-state index >= 15 is 0 Å². The number of benzene rings is 1. The minimum absolute atomic E-state index is 0.257. The Balaban J connectivity index is 2.34. The second kappa shape index (κ2) is 5.99. The van der Waals surface area contributed by atoms with Crippen LogP contribution in [0, 0.1) is 0 Å². The smallest absolute Gasteiger partial charge is 0.135 e. The highest BCUT2D eigenvalue weighted by Crippen LogP contribution is 2.29. The summed E-state index contributed by atoms with van der Waals surface area (Å²) in [6, 6.07) is 9.39. The van der Waals surface area contributed by atoms with Gasteiger partial charge < -0.3 is 15.8 Å². The van der Waals surface area contributed by atoms with E-state index < -0.39 is 0 Å². The lowest BCUT2D eigenvalue weighted by molar-refractivity contribution is 0.412. The summed E-state index contributed by atoms with van der Waals surface area (Å²) in [5.74, 6) is 0.741. The SMILES string of the molecule is COc1cc(Nc2cccnc2C(N)=S)ccc1Br. The van der Waals surface area contributed by atoms with E-state index in [1.54, 1.807) is 13.3 Å². The van der Waals surface area contributed by atoms with Crippen LogP contribution in [0.1, 0.15) is 5.69 Å². The van der Waals surface area contributed by atoms with Gasteiger partial charge in [0.1, 0.15) is 16.4 Å². The molecule has 0 atom stereocenters. The number of nitrogens with zero attached hydrogens (tertiary/aromatic N) is 1. The van der Waals surface area contributed by atoms with E-state index in [9.17, 15) is 0 Å². The first-order valence-corrected chi connectivity index (χ1v) is 6.67. The first-order valence-electron chi connectivity index (χ1n) is 5.47. The van der Waals surface area contributed by atoms with E-state index in [0.29, 0.717) is 5.69 Å². The summed E-state index contributed by atoms with van der Waals surface area (Å²) < 4.78 is 6.14. The van der Waals surface area contributed by atoms with Gasteiger partial charge in [-0.15, -0.1) is 0 Å². The fourth-order valence-corrected chi connectivity index (χ4v) is 2.17. The Kier molecular flexibility index (Phi) is 4.34. The zero-order valence-corrected chi connectivity index (χ0v) is 12.6. The summed E-state index contributed by atoms with van der Waals surface area (Å²) in [6.45, 7) is 0. The number of aromatic nitrogens is 1. The number of rotatable bonds is 4. The molecular weight excluding hydrogens is 326 g/mol. The number of halogens is 1. The van der Waals surface area contributed by atoms with Crippen LogP contribution in [0.15, 0.2) is 41.0 Å². The van der Waals surface area contributed by atoms with Gasteiger partial charge in [0.05, 0.1) is 17.3 Å². The Hall–Kier alpha value is -1.66. The molecule has 0 aliphatic heterocycles. The average Bonchev–Trinajstić information content (AvgIpc) is 2.41. The lowest BCUT2D eigenvalue weighted by Gasteiger charge is -2.11. The zero-order chi connectivity index (χ0) is 13.8. The maximum atomic E-state index is 5.65. The Morgan fingerprint density at radius 1 is 1.42 bits per heavy atom. The van der Waals surface area contributed by atoms with Crippen LogP contribution in [0.2, 0.25) is 0 Å². The molecule has 3 N–H and O–H groups in total. The summed E-state index contributed by atoms with van der Waals surface area (Å²) in [6.07, 6.45) is 1.65. The molecule has 0 amide bonds. The molecule has 1 heterocycles. The molecule has 0 bridgehead atoms. The molecule has 0 saturated carbocycles. The first kappa shape index (κ1) is 13.8. The number of anilines is 2. The van der Waals surface area contributed by atoms with Crippen LogP contribution >= 0.6 is 28.1 Å². The molecule has 4 nitrogen and oxygen atoms in total. The van der Waals surface area contributed by atoms with Crippen molar-refractivity contribution in [3.05, 3.63) is 46.7 Å². The van der Waals surface area contributed by atoms with Crippen molar-refractivity contribution in [1.82, 2.24) is 4.98 Å². The molecule has 0 aliphatic rings. The minimum Gasteiger partial charge on any atom is -0.495 e. The molecular formula is C13H12BrN3OS. The number of hydrogen-bond donors (Lipinski definition) is 2. The van der Waals surface area contributed by atoms with Gasteiger partial charge in [-0.2, -0.15) is 0 Å². The molecule has 0 unspecified atom stereocenters. The van der Waals surface area contributed by atoms with Crippen LogP contribution in [-0.2, 0) is 0 Å². The number of hydrogen-bond acceptors (Lipinski definition) is 4. The Labute approximate surface area is 125 Å². The molecule has 2 aromatic rings. The van der Waals surface area contributed by atoms with Crippen molar-refractivity contribution < 1.29 is 4.74 Å². The third kappa shape index (κ3) is 3.21. The monoisotopic (exact) mass is 337 g/mol. The van der Waals surface area contributed by atoms with E-state index in [1.807, 2.05) is 30.3 Å². The summed E-state index contributed by atoms with van der Waals surface area (Å²) in [7, 11) is 1.62. The van der Waals surface area contributed by atoms with Gasteiger partial charge in [0.15, 0.2) is 0 Å². The van der Waals surface area contributed by atoms with Gasteiger partial charge in [0.25, 0.3) is 0 Å². The average molecular weight is 338 g/mol. The molecule has 98 valence electrons. The molecule has 6 heteroatoms. The summed E-state index contributed by atoms with van der Waals surface area (Å²) >= 11 is 8.39. The van der Waals surface area contributed by atoms with Crippen LogP contribution in [0.3, 0.4) is 0 Å². The van der Waals surface area contributed by atoms with Gasteiger partial charge in [-0.05, 0) is 40.2 Å². The van der Waals surface area contributed by atoms with Crippen LogP contribution in [-0.4, -0.2) is 17.1 Å². The van der Waals surface area contributed by atoms with E-state index in [2.05, 4.69) is 26.2 Å². The predicted octanol–water partition coefficient (Wildman–Crippen LogP) is 3.23. The Morgan fingerprint density at radius 3 is 2.89 bits per heavy atom. The number of nitrogens with two attached hydrogens (primary N) is 1. The van der Waals surface area contributed by atoms with E-state index in [0.717, 1.165) is 21.6 Å². The van der Waals surface area contributed by atoms with Crippen LogP contribution < -0.4 is 15.8 Å². The Morgan fingerprint density at radius 2 is 2.21 bits per heavy atom. The highest BCUT2D eigenvalue weighted by Gasteiger charge is 2.07. The quantitative estimate of drug-likeness (QED) is 0.838. The summed E-state index contributed by atoms with van der Waals surface area (Å²) in [5.41, 5.74) is 7.84. The second-order valence-corrected chi connectivity index (χ2v) is 5.03. The number of methoxy groups -OCH3 is 1. The highest BCUT2D eigenvalue weighted by atomic mass is 79.9. The lowest BCUT2D eigenvalue weighted by Crippen LogP contribution is -2.13.